The zero-order valence-electron chi connectivity index (χ0n) is 15.8. The van der Waals surface area contributed by atoms with E-state index in [-0.39, 0.29) is 5.48 Å². The van der Waals surface area contributed by atoms with Crippen LogP contribution in [0.4, 0.5) is 0 Å². The van der Waals surface area contributed by atoms with Gasteiger partial charge in [-0.3, -0.25) is 0 Å². The maximum absolute atomic E-state index is 5.42. The second-order valence-electron chi connectivity index (χ2n) is 6.38. The van der Waals surface area contributed by atoms with Gasteiger partial charge in [-0.25, -0.2) is 0 Å². The minimum absolute atomic E-state index is 0. The summed E-state index contributed by atoms with van der Waals surface area (Å²) in [5.74, 6) is 0.895. The normalized spacial score (nSPS) is 10.8. The predicted molar refractivity (Wildman–Crippen MR) is 120 cm³/mol. The van der Waals surface area contributed by atoms with Crippen LogP contribution in [0.5, 0.6) is 5.75 Å². The van der Waals surface area contributed by atoms with Gasteiger partial charge in [0.1, 0.15) is 0 Å². The Kier molecular flexibility index (Phi) is 6.56. The van der Waals surface area contributed by atoms with Gasteiger partial charge in [0, 0.05) is 0 Å². The minimum atomic E-state index is -3.27. The van der Waals surface area contributed by atoms with E-state index >= 15 is 0 Å². The van der Waals surface area contributed by atoms with Crippen molar-refractivity contribution in [3.05, 3.63) is 115 Å². The van der Waals surface area contributed by atoms with Crippen molar-refractivity contribution >= 4 is 32.8 Å². The van der Waals surface area contributed by atoms with Crippen molar-refractivity contribution in [2.75, 3.05) is 7.11 Å². The first-order chi connectivity index (χ1) is 13.4. The molecular formula is C25H24O2Sb. The minimum Gasteiger partial charge on any atom is -0.412 e. The summed E-state index contributed by atoms with van der Waals surface area (Å²) in [5, 5.41) is 0. The maximum Gasteiger partial charge on any atom is -0.412 e. The summed E-state index contributed by atoms with van der Waals surface area (Å²) in [7, 11) is 1.72. The molecule has 4 aromatic carbocycles. The molecule has 141 valence electrons. The van der Waals surface area contributed by atoms with Crippen LogP contribution < -0.4 is 18.8 Å². The number of hydrogen-bond donors (Lipinski definition) is 0. The van der Waals surface area contributed by atoms with Crippen LogP contribution in [0.25, 0.3) is 0 Å². The molecule has 0 saturated carbocycles. The van der Waals surface area contributed by atoms with Gasteiger partial charge in [-0.05, 0) is 0 Å². The van der Waals surface area contributed by atoms with E-state index in [1.54, 1.807) is 7.11 Å². The summed E-state index contributed by atoms with van der Waals surface area (Å²) in [4.78, 5) is 0. The van der Waals surface area contributed by atoms with Crippen molar-refractivity contribution in [2.24, 2.45) is 0 Å². The Morgan fingerprint density at radius 1 is 0.464 bits per heavy atom. The van der Waals surface area contributed by atoms with Gasteiger partial charge < -0.3 is 5.48 Å². The molecule has 3 heteroatoms. The summed E-state index contributed by atoms with van der Waals surface area (Å²) in [6, 6.07) is 41.8. The number of ether oxygens (including phenoxy) is 1. The van der Waals surface area contributed by atoms with Gasteiger partial charge in [0.05, 0.1) is 0 Å². The van der Waals surface area contributed by atoms with E-state index < -0.39 is 18.8 Å². The van der Waals surface area contributed by atoms with E-state index in [4.69, 9.17) is 4.74 Å². The van der Waals surface area contributed by atoms with Crippen molar-refractivity contribution in [3.63, 3.8) is 0 Å². The number of rotatable bonds is 5. The predicted octanol–water partition coefficient (Wildman–Crippen LogP) is 2.25. The van der Waals surface area contributed by atoms with Gasteiger partial charge in [-0.15, -0.1) is 0 Å². The molecule has 0 amide bonds. The summed E-state index contributed by atoms with van der Waals surface area (Å²) < 4.78 is 11.2. The SMILES string of the molecule is COc1cc[c]([Sb]([c]2ccccc2)([c]2ccccc2)[c]2ccccc2)cc1.O. The molecule has 0 aliphatic carbocycles. The van der Waals surface area contributed by atoms with Crippen LogP contribution in [0.15, 0.2) is 115 Å². The first kappa shape index (κ1) is 20.2. The number of benzene rings is 4. The Morgan fingerprint density at radius 3 is 1.11 bits per heavy atom. The van der Waals surface area contributed by atoms with Crippen LogP contribution in [0.2, 0.25) is 0 Å². The first-order valence-electron chi connectivity index (χ1n) is 9.06. The Balaban J connectivity index is 0.00000225. The van der Waals surface area contributed by atoms with E-state index in [0.717, 1.165) is 5.75 Å². The number of methoxy groups -OCH3 is 1. The second kappa shape index (κ2) is 9.10. The third-order valence-electron chi connectivity index (χ3n) is 4.89. The molecule has 0 atom stereocenters. The van der Waals surface area contributed by atoms with Crippen LogP contribution in [0.1, 0.15) is 0 Å². The molecule has 0 fully saturated rings. The van der Waals surface area contributed by atoms with Crippen molar-refractivity contribution in [1.29, 1.82) is 0 Å². The molecule has 0 unspecified atom stereocenters. The quantitative estimate of drug-likeness (QED) is 0.406. The van der Waals surface area contributed by atoms with Crippen molar-refractivity contribution in [3.8, 4) is 5.75 Å². The van der Waals surface area contributed by atoms with Crippen LogP contribution in [-0.4, -0.2) is 31.4 Å². The average molecular weight is 478 g/mol. The van der Waals surface area contributed by atoms with Gasteiger partial charge in [0.25, 0.3) is 0 Å². The fraction of sp³-hybridized carbons (Fsp3) is 0.0400. The third-order valence-corrected chi connectivity index (χ3v) is 17.1. The van der Waals surface area contributed by atoms with Gasteiger partial charge >= 0.3 is 166 Å². The molecule has 1 radical (unpaired) electrons. The van der Waals surface area contributed by atoms with Gasteiger partial charge in [0.2, 0.25) is 0 Å². The van der Waals surface area contributed by atoms with Gasteiger partial charge in [-0.1, -0.05) is 0 Å². The van der Waals surface area contributed by atoms with E-state index in [9.17, 15) is 0 Å². The Labute approximate surface area is 170 Å². The Hall–Kier alpha value is -2.54. The van der Waals surface area contributed by atoms with Crippen LogP contribution >= 0.6 is 0 Å². The molecule has 0 heterocycles. The van der Waals surface area contributed by atoms with Crippen molar-refractivity contribution in [1.82, 2.24) is 0 Å². The van der Waals surface area contributed by atoms with Crippen LogP contribution in [-0.2, 0) is 0 Å². The largest absolute Gasteiger partial charge is 0.412 e. The van der Waals surface area contributed by atoms with Gasteiger partial charge in [0.15, 0.2) is 0 Å². The zero-order valence-corrected chi connectivity index (χ0v) is 18.4. The molecule has 28 heavy (non-hydrogen) atoms. The molecule has 0 spiro atoms. The molecule has 2 N–H and O–H groups in total. The second-order valence-corrected chi connectivity index (χ2v) is 16.1. The van der Waals surface area contributed by atoms with E-state index in [1.165, 1.54) is 14.0 Å². The first-order valence-corrected chi connectivity index (χ1v) is 14.2. The van der Waals surface area contributed by atoms with Crippen molar-refractivity contribution < 1.29 is 10.2 Å². The summed E-state index contributed by atoms with van der Waals surface area (Å²) >= 11 is -3.27. The Bertz CT molecular complexity index is 888. The monoisotopic (exact) mass is 477 g/mol. The standard InChI is InChI=1S/C7H7O.3C6H5.H2O.Sb/c1-8-7-5-3-2-4-6-7;3*1-2-4-6-5-3-1;;/h3-6H,1H3;3*1-5H;1H2;. The average Bonchev–Trinajstić information content (AvgIpc) is 2.77. The van der Waals surface area contributed by atoms with E-state index in [0.29, 0.717) is 0 Å². The molecule has 0 aliphatic rings. The van der Waals surface area contributed by atoms with E-state index in [2.05, 4.69) is 115 Å². The van der Waals surface area contributed by atoms with Gasteiger partial charge in [-0.2, -0.15) is 0 Å². The molecule has 0 aromatic heterocycles. The Morgan fingerprint density at radius 2 is 0.786 bits per heavy atom. The topological polar surface area (TPSA) is 40.7 Å². The fourth-order valence-corrected chi connectivity index (χ4v) is 15.8. The molecule has 4 aromatic rings. The maximum atomic E-state index is 5.42. The molecule has 2 nitrogen and oxygen atoms in total. The van der Waals surface area contributed by atoms with Crippen LogP contribution in [0, 0.1) is 0 Å². The molecule has 0 bridgehead atoms. The molecule has 4 rings (SSSR count). The van der Waals surface area contributed by atoms with E-state index in [1.807, 2.05) is 0 Å². The van der Waals surface area contributed by atoms with Crippen molar-refractivity contribution in [2.45, 2.75) is 0 Å². The smallest absolute Gasteiger partial charge is 0.412 e. The fourth-order valence-electron chi connectivity index (χ4n) is 3.66. The third kappa shape index (κ3) is 3.58. The molecule has 0 saturated heterocycles. The molecular weight excluding hydrogens is 454 g/mol. The number of hydrogen-bond acceptors (Lipinski definition) is 1. The zero-order chi connectivity index (χ0) is 18.5. The summed E-state index contributed by atoms with van der Waals surface area (Å²) in [6.45, 7) is 0. The van der Waals surface area contributed by atoms with Crippen LogP contribution in [0.3, 0.4) is 0 Å². The summed E-state index contributed by atoms with van der Waals surface area (Å²) in [6.07, 6.45) is 0. The molecule has 0 aliphatic heterocycles. The summed E-state index contributed by atoms with van der Waals surface area (Å²) in [5.41, 5.74) is 0.